The van der Waals surface area contributed by atoms with Crippen LogP contribution >= 0.6 is 0 Å². The highest BCUT2D eigenvalue weighted by atomic mass is 19.4. The van der Waals surface area contributed by atoms with Gasteiger partial charge in [-0.05, 0) is 38.6 Å². The molecule has 0 radical (unpaired) electrons. The first-order valence-electron chi connectivity index (χ1n) is 14.1. The van der Waals surface area contributed by atoms with Crippen molar-refractivity contribution < 1.29 is 31.9 Å². The zero-order chi connectivity index (χ0) is 31.1. The van der Waals surface area contributed by atoms with Crippen LogP contribution in [0.4, 0.5) is 34.8 Å². The lowest BCUT2D eigenvalue weighted by Crippen LogP contribution is -2.55. The minimum Gasteiger partial charge on any atom is -0.481 e. The van der Waals surface area contributed by atoms with Crippen molar-refractivity contribution in [2.24, 2.45) is 11.8 Å². The van der Waals surface area contributed by atoms with Crippen LogP contribution in [0.25, 0.3) is 5.57 Å². The number of carbonyl (C=O) groups is 2. The number of hydrogen-bond donors (Lipinski definition) is 2. The van der Waals surface area contributed by atoms with Crippen LogP contribution in [0, 0.1) is 17.7 Å². The number of nitrogens with zero attached hydrogens (tertiary/aromatic N) is 5. The van der Waals surface area contributed by atoms with Crippen LogP contribution in [0.1, 0.15) is 25.8 Å². The maximum atomic E-state index is 15.9. The van der Waals surface area contributed by atoms with Crippen LogP contribution in [0.3, 0.4) is 0 Å². The molecule has 3 aliphatic heterocycles. The molecule has 2 saturated heterocycles. The molecule has 1 aromatic carbocycles. The Morgan fingerprint density at radius 1 is 1.12 bits per heavy atom. The van der Waals surface area contributed by atoms with Gasteiger partial charge in [-0.1, -0.05) is 6.08 Å². The average molecular weight is 606 g/mol. The zero-order valence-corrected chi connectivity index (χ0v) is 24.4. The van der Waals surface area contributed by atoms with Gasteiger partial charge in [0.15, 0.2) is 0 Å². The van der Waals surface area contributed by atoms with E-state index >= 15 is 4.39 Å². The fourth-order valence-electron chi connectivity index (χ4n) is 5.94. The van der Waals surface area contributed by atoms with Crippen molar-refractivity contribution in [3.8, 4) is 5.88 Å². The molecule has 1 aromatic heterocycles. The van der Waals surface area contributed by atoms with Gasteiger partial charge in [0.25, 0.3) is 0 Å². The van der Waals surface area contributed by atoms with E-state index in [0.29, 0.717) is 49.1 Å². The number of likely N-dealkylation sites (N-methyl/N-ethyl adjacent to an activating group) is 1. The molecule has 232 valence electrons. The molecule has 0 bridgehead atoms. The Bertz CT molecular complexity index is 1410. The smallest absolute Gasteiger partial charge is 0.393 e. The predicted molar refractivity (Wildman–Crippen MR) is 153 cm³/mol. The number of methoxy groups -OCH3 is 1. The monoisotopic (exact) mass is 605 g/mol. The van der Waals surface area contributed by atoms with Crippen molar-refractivity contribution in [1.29, 1.82) is 0 Å². The minimum atomic E-state index is -4.74. The van der Waals surface area contributed by atoms with E-state index in [-0.39, 0.29) is 23.3 Å². The number of hydrogen-bond acceptors (Lipinski definition) is 8. The molecule has 5 rings (SSSR count). The third-order valence-electron chi connectivity index (χ3n) is 8.64. The number of aromatic nitrogens is 2. The number of rotatable bonds is 6. The Balaban J connectivity index is 1.47. The van der Waals surface area contributed by atoms with Gasteiger partial charge >= 0.3 is 6.18 Å². The molecule has 3 aliphatic rings. The van der Waals surface area contributed by atoms with Crippen molar-refractivity contribution in [2.45, 2.75) is 38.5 Å². The third kappa shape index (κ3) is 6.38. The molecule has 43 heavy (non-hydrogen) atoms. The summed E-state index contributed by atoms with van der Waals surface area (Å²) in [6.07, 6.45) is -2.35. The SMILES string of the molecule is COc1cc(N2CC=C(c3cc(NC(=O)C4CNC(=O)CC4C(F)(F)F)c(N4C[C@@H](C)N(C)[C@@H](C)C4)cc3F)C2)ncn1. The molecule has 4 heterocycles. The molecule has 4 atom stereocenters. The maximum Gasteiger partial charge on any atom is 0.393 e. The third-order valence-corrected chi connectivity index (χ3v) is 8.64. The Morgan fingerprint density at radius 2 is 1.84 bits per heavy atom. The molecule has 14 heteroatoms. The van der Waals surface area contributed by atoms with Crippen molar-refractivity contribution in [2.75, 3.05) is 62.0 Å². The lowest BCUT2D eigenvalue weighted by atomic mass is 9.84. The number of piperidine rings is 1. The highest BCUT2D eigenvalue weighted by Crippen LogP contribution is 2.39. The lowest BCUT2D eigenvalue weighted by Gasteiger charge is -2.44. The van der Waals surface area contributed by atoms with Crippen LogP contribution in [0.15, 0.2) is 30.6 Å². The van der Waals surface area contributed by atoms with Gasteiger partial charge in [-0.3, -0.25) is 14.5 Å². The number of amides is 2. The van der Waals surface area contributed by atoms with E-state index in [1.807, 2.05) is 36.8 Å². The fraction of sp³-hybridized carbons (Fsp3) is 0.517. The summed E-state index contributed by atoms with van der Waals surface area (Å²) in [7, 11) is 3.49. The first kappa shape index (κ1) is 30.5. The number of ether oxygens (including phenoxy) is 1. The van der Waals surface area contributed by atoms with Crippen LogP contribution in [-0.2, 0) is 9.59 Å². The molecule has 0 saturated carbocycles. The van der Waals surface area contributed by atoms with Gasteiger partial charge in [-0.2, -0.15) is 13.2 Å². The van der Waals surface area contributed by atoms with E-state index in [9.17, 15) is 22.8 Å². The fourth-order valence-corrected chi connectivity index (χ4v) is 5.94. The molecule has 0 spiro atoms. The van der Waals surface area contributed by atoms with Gasteiger partial charge in [0, 0.05) is 62.9 Å². The number of halogens is 4. The quantitative estimate of drug-likeness (QED) is 0.484. The summed E-state index contributed by atoms with van der Waals surface area (Å²) < 4.78 is 62.6. The van der Waals surface area contributed by atoms with Crippen LogP contribution in [0.2, 0.25) is 0 Å². The van der Waals surface area contributed by atoms with Crippen LogP contribution in [0.5, 0.6) is 5.88 Å². The molecule has 2 amide bonds. The first-order valence-corrected chi connectivity index (χ1v) is 14.1. The van der Waals surface area contributed by atoms with Gasteiger partial charge < -0.3 is 25.2 Å². The van der Waals surface area contributed by atoms with Gasteiger partial charge in [0.2, 0.25) is 17.7 Å². The molecular weight excluding hydrogens is 570 g/mol. The Labute approximate surface area is 247 Å². The summed E-state index contributed by atoms with van der Waals surface area (Å²) in [4.78, 5) is 39.5. The van der Waals surface area contributed by atoms with E-state index in [2.05, 4.69) is 25.5 Å². The van der Waals surface area contributed by atoms with Gasteiger partial charge in [-0.15, -0.1) is 0 Å². The van der Waals surface area contributed by atoms with E-state index in [0.717, 1.165) is 0 Å². The second kappa shape index (κ2) is 12.0. The van der Waals surface area contributed by atoms with Crippen molar-refractivity contribution >= 4 is 34.6 Å². The van der Waals surface area contributed by atoms with Crippen molar-refractivity contribution in [3.05, 3.63) is 42.0 Å². The number of carbonyl (C=O) groups excluding carboxylic acids is 2. The predicted octanol–water partition coefficient (Wildman–Crippen LogP) is 3.31. The van der Waals surface area contributed by atoms with Crippen LogP contribution < -0.4 is 25.2 Å². The molecule has 2 fully saturated rings. The van der Waals surface area contributed by atoms with E-state index in [1.54, 1.807) is 6.07 Å². The summed E-state index contributed by atoms with van der Waals surface area (Å²) in [6.45, 7) is 5.41. The Kier molecular flexibility index (Phi) is 8.50. The summed E-state index contributed by atoms with van der Waals surface area (Å²) in [6, 6.07) is 4.72. The molecule has 10 nitrogen and oxygen atoms in total. The van der Waals surface area contributed by atoms with Gasteiger partial charge in [0.1, 0.15) is 18.0 Å². The summed E-state index contributed by atoms with van der Waals surface area (Å²) in [5.41, 5.74) is 1.46. The topological polar surface area (TPSA) is 103 Å². The number of alkyl halides is 3. The van der Waals surface area contributed by atoms with E-state index in [4.69, 9.17) is 4.74 Å². The molecule has 2 aromatic rings. The second-order valence-electron chi connectivity index (χ2n) is 11.4. The Hall–Kier alpha value is -3.94. The Morgan fingerprint density at radius 3 is 2.51 bits per heavy atom. The molecule has 0 aliphatic carbocycles. The molecule has 2 N–H and O–H groups in total. The normalized spacial score (nSPS) is 24.9. The number of nitrogens with one attached hydrogen (secondary N) is 2. The number of benzene rings is 1. The van der Waals surface area contributed by atoms with E-state index < -0.39 is 48.6 Å². The summed E-state index contributed by atoms with van der Waals surface area (Å²) in [5.74, 6) is -4.84. The summed E-state index contributed by atoms with van der Waals surface area (Å²) >= 11 is 0. The van der Waals surface area contributed by atoms with Crippen molar-refractivity contribution in [3.63, 3.8) is 0 Å². The molecular formula is C29H35F4N7O3. The van der Waals surface area contributed by atoms with Gasteiger partial charge in [-0.25, -0.2) is 14.4 Å². The highest BCUT2D eigenvalue weighted by Gasteiger charge is 2.50. The second-order valence-corrected chi connectivity index (χ2v) is 11.4. The zero-order valence-electron chi connectivity index (χ0n) is 24.4. The first-order chi connectivity index (χ1) is 20.3. The minimum absolute atomic E-state index is 0.106. The maximum absolute atomic E-state index is 15.9. The number of piperazine rings is 1. The standard InChI is InChI=1S/C29H35F4N7O3/c1-16-12-40(13-17(2)38(16)3)24-9-22(30)19(18-5-6-39(14-18)25-10-27(43-4)36-15-35-25)7-23(24)37-28(42)20-11-34-26(41)8-21(20)29(31,32)33/h5,7,9-10,15-17,20-21H,6,8,11-14H2,1-4H3,(H,34,41)(H,37,42)/t16-,17+,20?,21?. The largest absolute Gasteiger partial charge is 0.481 e. The highest BCUT2D eigenvalue weighted by molar-refractivity contribution is 5.98. The lowest BCUT2D eigenvalue weighted by molar-refractivity contribution is -0.197. The van der Waals surface area contributed by atoms with Crippen molar-refractivity contribution in [1.82, 2.24) is 20.2 Å². The summed E-state index contributed by atoms with van der Waals surface area (Å²) in [5, 5.41) is 5.07. The van der Waals surface area contributed by atoms with Crippen LogP contribution in [-0.4, -0.2) is 91.8 Å². The number of anilines is 3. The molecule has 2 unspecified atom stereocenters. The van der Waals surface area contributed by atoms with Gasteiger partial charge in [0.05, 0.1) is 30.3 Å². The van der Waals surface area contributed by atoms with E-state index in [1.165, 1.54) is 25.6 Å². The average Bonchev–Trinajstić information content (AvgIpc) is 3.46.